The number of unbranched alkanes of at least 4 members (excludes halogenated alkanes) is 7. The normalized spacial score (nSPS) is 12.1. The van der Waals surface area contributed by atoms with Gasteiger partial charge in [-0.2, -0.15) is 0 Å². The van der Waals surface area contributed by atoms with E-state index >= 15 is 0 Å². The van der Waals surface area contributed by atoms with Crippen molar-refractivity contribution in [3.8, 4) is 0 Å². The van der Waals surface area contributed by atoms with Crippen LogP contribution in [0.25, 0.3) is 0 Å². The highest BCUT2D eigenvalue weighted by Crippen LogP contribution is 2.16. The Balaban J connectivity index is 3.25. The molecule has 0 aliphatic rings. The molecule has 0 heterocycles. The van der Waals surface area contributed by atoms with Gasteiger partial charge in [-0.05, 0) is 19.8 Å². The van der Waals surface area contributed by atoms with Crippen molar-refractivity contribution in [3.63, 3.8) is 0 Å². The van der Waals surface area contributed by atoms with Crippen LogP contribution in [0.2, 0.25) is 0 Å². The standard InChI is InChI=1S/C15H26O2/c1-14(2)15(13-17)11-9-7-5-3-4-6-8-10-12-16/h12-13,15H,1,3-11H2,2H3. The molecule has 0 amide bonds. The number of allylic oxidation sites excluding steroid dienone is 1. The first-order chi connectivity index (χ1) is 8.22. The zero-order valence-electron chi connectivity index (χ0n) is 11.1. The molecule has 0 N–H and O–H groups in total. The van der Waals surface area contributed by atoms with E-state index in [2.05, 4.69) is 6.58 Å². The van der Waals surface area contributed by atoms with Crippen LogP contribution in [0.15, 0.2) is 12.2 Å². The van der Waals surface area contributed by atoms with Crippen LogP contribution in [0.1, 0.15) is 64.7 Å². The molecule has 0 saturated heterocycles. The predicted octanol–water partition coefficient (Wildman–Crippen LogP) is 4.09. The van der Waals surface area contributed by atoms with E-state index in [0.717, 1.165) is 37.4 Å². The molecule has 0 aromatic carbocycles. The van der Waals surface area contributed by atoms with Gasteiger partial charge in [0.25, 0.3) is 0 Å². The van der Waals surface area contributed by atoms with Gasteiger partial charge in [0.1, 0.15) is 12.6 Å². The monoisotopic (exact) mass is 238 g/mol. The van der Waals surface area contributed by atoms with Crippen molar-refractivity contribution in [1.82, 2.24) is 0 Å². The van der Waals surface area contributed by atoms with Gasteiger partial charge in [0.05, 0.1) is 0 Å². The highest BCUT2D eigenvalue weighted by atomic mass is 16.1. The number of hydrogen-bond acceptors (Lipinski definition) is 2. The van der Waals surface area contributed by atoms with Gasteiger partial charge in [-0.25, -0.2) is 0 Å². The lowest BCUT2D eigenvalue weighted by Crippen LogP contribution is -2.02. The Kier molecular flexibility index (Phi) is 10.9. The predicted molar refractivity (Wildman–Crippen MR) is 72.0 cm³/mol. The largest absolute Gasteiger partial charge is 0.303 e. The Hall–Kier alpha value is -0.920. The second-order valence-electron chi connectivity index (χ2n) is 4.81. The van der Waals surface area contributed by atoms with Gasteiger partial charge in [0, 0.05) is 12.3 Å². The van der Waals surface area contributed by atoms with E-state index in [4.69, 9.17) is 0 Å². The van der Waals surface area contributed by atoms with E-state index < -0.39 is 0 Å². The third-order valence-electron chi connectivity index (χ3n) is 3.13. The molecular formula is C15H26O2. The average Bonchev–Trinajstić information content (AvgIpc) is 2.31. The van der Waals surface area contributed by atoms with E-state index in [9.17, 15) is 9.59 Å². The number of rotatable bonds is 12. The van der Waals surface area contributed by atoms with Crippen LogP contribution in [-0.4, -0.2) is 12.6 Å². The minimum absolute atomic E-state index is 0.0580. The topological polar surface area (TPSA) is 34.1 Å². The lowest BCUT2D eigenvalue weighted by molar-refractivity contribution is -0.110. The van der Waals surface area contributed by atoms with Gasteiger partial charge in [0.15, 0.2) is 0 Å². The van der Waals surface area contributed by atoms with Gasteiger partial charge in [-0.3, -0.25) is 0 Å². The summed E-state index contributed by atoms with van der Waals surface area (Å²) in [5.74, 6) is 0.0580. The van der Waals surface area contributed by atoms with Crippen LogP contribution in [0.5, 0.6) is 0 Å². The first-order valence-electron chi connectivity index (χ1n) is 6.76. The summed E-state index contributed by atoms with van der Waals surface area (Å²) in [7, 11) is 0. The number of aldehydes is 2. The second-order valence-corrected chi connectivity index (χ2v) is 4.81. The summed E-state index contributed by atoms with van der Waals surface area (Å²) in [6, 6.07) is 0. The molecule has 0 spiro atoms. The van der Waals surface area contributed by atoms with Crippen LogP contribution in [0.3, 0.4) is 0 Å². The van der Waals surface area contributed by atoms with Crippen LogP contribution < -0.4 is 0 Å². The molecule has 1 atom stereocenters. The van der Waals surface area contributed by atoms with E-state index in [0.29, 0.717) is 6.42 Å². The zero-order valence-corrected chi connectivity index (χ0v) is 11.1. The SMILES string of the molecule is C=C(C)C(C=O)CCCCCCCCCC=O. The fraction of sp³-hybridized carbons (Fsp3) is 0.733. The van der Waals surface area contributed by atoms with Crippen LogP contribution >= 0.6 is 0 Å². The molecule has 0 aromatic heterocycles. The van der Waals surface area contributed by atoms with Crippen molar-refractivity contribution < 1.29 is 9.59 Å². The quantitative estimate of drug-likeness (QED) is 0.291. The smallest absolute Gasteiger partial charge is 0.127 e. The van der Waals surface area contributed by atoms with E-state index in [1.165, 1.54) is 32.1 Å². The third-order valence-corrected chi connectivity index (χ3v) is 3.13. The summed E-state index contributed by atoms with van der Waals surface area (Å²) in [6.07, 6.45) is 11.9. The molecule has 0 fully saturated rings. The van der Waals surface area contributed by atoms with Gasteiger partial charge in [-0.15, -0.1) is 0 Å². The summed E-state index contributed by atoms with van der Waals surface area (Å²) in [4.78, 5) is 20.8. The Labute approximate surface area is 105 Å². The first kappa shape index (κ1) is 16.1. The van der Waals surface area contributed by atoms with Crippen molar-refractivity contribution in [2.45, 2.75) is 64.7 Å². The zero-order chi connectivity index (χ0) is 12.9. The van der Waals surface area contributed by atoms with Gasteiger partial charge < -0.3 is 9.59 Å². The summed E-state index contributed by atoms with van der Waals surface area (Å²) in [6.45, 7) is 5.75. The Bertz CT molecular complexity index is 221. The highest BCUT2D eigenvalue weighted by Gasteiger charge is 2.06. The van der Waals surface area contributed by atoms with Crippen LogP contribution in [0, 0.1) is 5.92 Å². The number of carbonyl (C=O) groups excluding carboxylic acids is 2. The minimum Gasteiger partial charge on any atom is -0.303 e. The van der Waals surface area contributed by atoms with E-state index in [1.54, 1.807) is 0 Å². The fourth-order valence-corrected chi connectivity index (χ4v) is 1.91. The third kappa shape index (κ3) is 9.98. The molecule has 1 unspecified atom stereocenters. The van der Waals surface area contributed by atoms with Crippen molar-refractivity contribution >= 4 is 12.6 Å². The maximum Gasteiger partial charge on any atom is 0.127 e. The van der Waals surface area contributed by atoms with Gasteiger partial charge in [0.2, 0.25) is 0 Å². The molecular weight excluding hydrogens is 212 g/mol. The summed E-state index contributed by atoms with van der Waals surface area (Å²) in [5.41, 5.74) is 0.980. The lowest BCUT2D eigenvalue weighted by atomic mass is 9.96. The van der Waals surface area contributed by atoms with Crippen molar-refractivity contribution in [3.05, 3.63) is 12.2 Å². The van der Waals surface area contributed by atoms with Gasteiger partial charge in [-0.1, -0.05) is 50.7 Å². The van der Waals surface area contributed by atoms with Gasteiger partial charge >= 0.3 is 0 Å². The molecule has 0 aliphatic heterocycles. The highest BCUT2D eigenvalue weighted by molar-refractivity contribution is 5.58. The second kappa shape index (κ2) is 11.6. The molecule has 0 bridgehead atoms. The number of carbonyl (C=O) groups is 2. The average molecular weight is 238 g/mol. The minimum atomic E-state index is 0.0580. The maximum atomic E-state index is 10.7. The molecule has 17 heavy (non-hydrogen) atoms. The molecule has 98 valence electrons. The number of hydrogen-bond donors (Lipinski definition) is 0. The first-order valence-corrected chi connectivity index (χ1v) is 6.76. The molecule has 0 saturated carbocycles. The van der Waals surface area contributed by atoms with E-state index in [-0.39, 0.29) is 5.92 Å². The molecule has 0 rings (SSSR count). The van der Waals surface area contributed by atoms with Crippen molar-refractivity contribution in [2.75, 3.05) is 0 Å². The summed E-state index contributed by atoms with van der Waals surface area (Å²) < 4.78 is 0. The molecule has 0 radical (unpaired) electrons. The van der Waals surface area contributed by atoms with E-state index in [1.807, 2.05) is 6.92 Å². The fourth-order valence-electron chi connectivity index (χ4n) is 1.91. The Morgan fingerprint density at radius 1 is 1.00 bits per heavy atom. The Morgan fingerprint density at radius 3 is 2.00 bits per heavy atom. The van der Waals surface area contributed by atoms with Crippen molar-refractivity contribution in [1.29, 1.82) is 0 Å². The molecule has 2 nitrogen and oxygen atoms in total. The molecule has 2 heteroatoms. The van der Waals surface area contributed by atoms with Crippen LogP contribution in [-0.2, 0) is 9.59 Å². The lowest BCUT2D eigenvalue weighted by Gasteiger charge is -2.08. The van der Waals surface area contributed by atoms with Crippen molar-refractivity contribution in [2.24, 2.45) is 5.92 Å². The summed E-state index contributed by atoms with van der Waals surface area (Å²) >= 11 is 0. The maximum absolute atomic E-state index is 10.7. The molecule has 0 aliphatic carbocycles. The summed E-state index contributed by atoms with van der Waals surface area (Å²) in [5, 5.41) is 0. The van der Waals surface area contributed by atoms with Crippen LogP contribution in [0.4, 0.5) is 0 Å². The Morgan fingerprint density at radius 2 is 1.53 bits per heavy atom. The molecule has 0 aromatic rings.